The van der Waals surface area contributed by atoms with Gasteiger partial charge in [0.15, 0.2) is 0 Å². The van der Waals surface area contributed by atoms with Gasteiger partial charge in [0, 0.05) is 35.5 Å². The molecule has 0 aliphatic carbocycles. The first-order valence-electron chi connectivity index (χ1n) is 6.64. The SMILES string of the molecule is CC(CNc1cc(N)nc(C(C)(C)C)n1)c1nccs1. The molecule has 0 saturated carbocycles. The minimum Gasteiger partial charge on any atom is -0.384 e. The molecular formula is C14H21N5S. The van der Waals surface area contributed by atoms with Gasteiger partial charge < -0.3 is 11.1 Å². The maximum Gasteiger partial charge on any atom is 0.138 e. The lowest BCUT2D eigenvalue weighted by Crippen LogP contribution is -2.19. The van der Waals surface area contributed by atoms with E-state index in [1.807, 2.05) is 11.6 Å². The summed E-state index contributed by atoms with van der Waals surface area (Å²) in [5.41, 5.74) is 5.74. The van der Waals surface area contributed by atoms with Crippen LogP contribution in [0.2, 0.25) is 0 Å². The summed E-state index contributed by atoms with van der Waals surface area (Å²) in [5, 5.41) is 6.43. The molecule has 0 fully saturated rings. The van der Waals surface area contributed by atoms with Gasteiger partial charge in [-0.2, -0.15) is 0 Å². The minimum absolute atomic E-state index is 0.118. The smallest absolute Gasteiger partial charge is 0.138 e. The van der Waals surface area contributed by atoms with Crippen LogP contribution in [0.5, 0.6) is 0 Å². The van der Waals surface area contributed by atoms with Gasteiger partial charge in [0.05, 0.1) is 5.01 Å². The lowest BCUT2D eigenvalue weighted by Gasteiger charge is -2.18. The van der Waals surface area contributed by atoms with Crippen molar-refractivity contribution >= 4 is 23.0 Å². The van der Waals surface area contributed by atoms with E-state index in [1.165, 1.54) is 0 Å². The van der Waals surface area contributed by atoms with Crippen LogP contribution in [0.3, 0.4) is 0 Å². The molecule has 0 radical (unpaired) electrons. The van der Waals surface area contributed by atoms with Crippen LogP contribution in [-0.4, -0.2) is 21.5 Å². The second-order valence-electron chi connectivity index (χ2n) is 5.90. The number of nitrogens with one attached hydrogen (secondary N) is 1. The Hall–Kier alpha value is -1.69. The van der Waals surface area contributed by atoms with Crippen LogP contribution in [0.4, 0.5) is 11.6 Å². The number of anilines is 2. The Balaban J connectivity index is 2.08. The van der Waals surface area contributed by atoms with Crippen molar-refractivity contribution < 1.29 is 0 Å². The molecule has 0 aromatic carbocycles. The van der Waals surface area contributed by atoms with Crippen LogP contribution in [0, 0.1) is 0 Å². The number of nitrogens with two attached hydrogens (primary N) is 1. The zero-order chi connectivity index (χ0) is 14.8. The first kappa shape index (κ1) is 14.7. The maximum atomic E-state index is 5.86. The average Bonchev–Trinajstić information content (AvgIpc) is 2.88. The number of nitrogen functional groups attached to an aromatic ring is 1. The second-order valence-corrected chi connectivity index (χ2v) is 6.83. The van der Waals surface area contributed by atoms with E-state index in [0.29, 0.717) is 11.7 Å². The van der Waals surface area contributed by atoms with Crippen LogP contribution >= 0.6 is 11.3 Å². The molecule has 0 amide bonds. The third-order valence-corrected chi connectivity index (χ3v) is 3.89. The standard InChI is InChI=1S/C14H21N5S/c1-9(12-16-5-6-20-12)8-17-11-7-10(15)18-13(19-11)14(2,3)4/h5-7,9H,8H2,1-4H3,(H3,15,17,18,19). The van der Waals surface area contributed by atoms with Crippen LogP contribution in [0.25, 0.3) is 0 Å². The Morgan fingerprint density at radius 1 is 1.35 bits per heavy atom. The number of aromatic nitrogens is 3. The number of hydrogen-bond acceptors (Lipinski definition) is 6. The van der Waals surface area contributed by atoms with E-state index >= 15 is 0 Å². The molecule has 6 heteroatoms. The zero-order valence-corrected chi connectivity index (χ0v) is 13.2. The third kappa shape index (κ3) is 3.66. The van der Waals surface area contributed by atoms with Crippen molar-refractivity contribution in [2.24, 2.45) is 0 Å². The van der Waals surface area contributed by atoms with Gasteiger partial charge in [0.2, 0.25) is 0 Å². The second kappa shape index (κ2) is 5.75. The van der Waals surface area contributed by atoms with Gasteiger partial charge in [-0.25, -0.2) is 15.0 Å². The molecule has 0 spiro atoms. The highest BCUT2D eigenvalue weighted by atomic mass is 32.1. The van der Waals surface area contributed by atoms with Crippen LogP contribution < -0.4 is 11.1 Å². The van der Waals surface area contributed by atoms with Crippen LogP contribution in [-0.2, 0) is 5.41 Å². The molecule has 5 nitrogen and oxygen atoms in total. The van der Waals surface area contributed by atoms with Crippen molar-refractivity contribution in [1.82, 2.24) is 15.0 Å². The third-order valence-electron chi connectivity index (χ3n) is 2.88. The summed E-state index contributed by atoms with van der Waals surface area (Å²) in [6.45, 7) is 9.13. The summed E-state index contributed by atoms with van der Waals surface area (Å²) in [6, 6.07) is 1.77. The van der Waals surface area contributed by atoms with E-state index < -0.39 is 0 Å². The lowest BCUT2D eigenvalue weighted by atomic mass is 9.96. The fraction of sp³-hybridized carbons (Fsp3) is 0.500. The minimum atomic E-state index is -0.118. The number of thiazole rings is 1. The van der Waals surface area contributed by atoms with Crippen molar-refractivity contribution in [2.75, 3.05) is 17.6 Å². The first-order chi connectivity index (χ1) is 9.36. The summed E-state index contributed by atoms with van der Waals surface area (Å²) in [6.07, 6.45) is 1.83. The molecule has 2 rings (SSSR count). The monoisotopic (exact) mass is 291 g/mol. The van der Waals surface area contributed by atoms with Gasteiger partial charge >= 0.3 is 0 Å². The topological polar surface area (TPSA) is 76.7 Å². The first-order valence-corrected chi connectivity index (χ1v) is 7.52. The lowest BCUT2D eigenvalue weighted by molar-refractivity contribution is 0.547. The van der Waals surface area contributed by atoms with Gasteiger partial charge in [0.25, 0.3) is 0 Å². The Morgan fingerprint density at radius 2 is 2.10 bits per heavy atom. The van der Waals surface area contributed by atoms with Gasteiger partial charge in [-0.1, -0.05) is 27.7 Å². The summed E-state index contributed by atoms with van der Waals surface area (Å²) in [4.78, 5) is 13.2. The predicted molar refractivity (Wildman–Crippen MR) is 84.2 cm³/mol. The van der Waals surface area contributed by atoms with Gasteiger partial charge in [-0.15, -0.1) is 11.3 Å². The Morgan fingerprint density at radius 3 is 2.70 bits per heavy atom. The van der Waals surface area contributed by atoms with Crippen molar-refractivity contribution in [3.05, 3.63) is 28.5 Å². The molecule has 3 N–H and O–H groups in total. The maximum absolute atomic E-state index is 5.86. The highest BCUT2D eigenvalue weighted by Gasteiger charge is 2.19. The van der Waals surface area contributed by atoms with E-state index in [4.69, 9.17) is 5.73 Å². The summed E-state index contributed by atoms with van der Waals surface area (Å²) in [5.74, 6) is 2.35. The number of nitrogens with zero attached hydrogens (tertiary/aromatic N) is 3. The van der Waals surface area contributed by atoms with Crippen molar-refractivity contribution in [3.8, 4) is 0 Å². The molecule has 0 bridgehead atoms. The quantitative estimate of drug-likeness (QED) is 0.905. The fourth-order valence-electron chi connectivity index (χ4n) is 1.71. The molecular weight excluding hydrogens is 270 g/mol. The number of hydrogen-bond donors (Lipinski definition) is 2. The molecule has 20 heavy (non-hydrogen) atoms. The largest absolute Gasteiger partial charge is 0.384 e. The van der Waals surface area contributed by atoms with Crippen LogP contribution in [0.1, 0.15) is 44.4 Å². The van der Waals surface area contributed by atoms with Crippen molar-refractivity contribution in [2.45, 2.75) is 39.0 Å². The van der Waals surface area contributed by atoms with Crippen molar-refractivity contribution in [1.29, 1.82) is 0 Å². The Bertz CT molecular complexity index is 559. The molecule has 1 atom stereocenters. The highest BCUT2D eigenvalue weighted by Crippen LogP contribution is 2.22. The van der Waals surface area contributed by atoms with Gasteiger partial charge in [-0.3, -0.25) is 0 Å². The van der Waals surface area contributed by atoms with E-state index in [-0.39, 0.29) is 5.41 Å². The summed E-state index contributed by atoms with van der Waals surface area (Å²) in [7, 11) is 0. The molecule has 2 aromatic rings. The van der Waals surface area contributed by atoms with Gasteiger partial charge in [0.1, 0.15) is 17.5 Å². The van der Waals surface area contributed by atoms with Crippen LogP contribution in [0.15, 0.2) is 17.6 Å². The molecule has 1 unspecified atom stereocenters. The predicted octanol–water partition coefficient (Wildman–Crippen LogP) is 3.03. The fourth-order valence-corrected chi connectivity index (χ4v) is 2.41. The normalized spacial score (nSPS) is 13.2. The van der Waals surface area contributed by atoms with Gasteiger partial charge in [-0.05, 0) is 0 Å². The molecule has 2 aromatic heterocycles. The van der Waals surface area contributed by atoms with E-state index in [9.17, 15) is 0 Å². The molecule has 108 valence electrons. The van der Waals surface area contributed by atoms with E-state index in [1.54, 1.807) is 17.4 Å². The molecule has 0 saturated heterocycles. The van der Waals surface area contributed by atoms with E-state index in [0.717, 1.165) is 23.2 Å². The Labute approximate surface area is 123 Å². The number of rotatable bonds is 4. The Kier molecular flexibility index (Phi) is 4.23. The van der Waals surface area contributed by atoms with E-state index in [2.05, 4.69) is 48.0 Å². The highest BCUT2D eigenvalue weighted by molar-refractivity contribution is 7.09. The molecule has 0 aliphatic rings. The molecule has 0 aliphatic heterocycles. The summed E-state index contributed by atoms with van der Waals surface area (Å²) < 4.78 is 0. The summed E-state index contributed by atoms with van der Waals surface area (Å²) >= 11 is 1.67. The van der Waals surface area contributed by atoms with Crippen molar-refractivity contribution in [3.63, 3.8) is 0 Å². The average molecular weight is 291 g/mol. The molecule has 2 heterocycles. The zero-order valence-electron chi connectivity index (χ0n) is 12.3.